The summed E-state index contributed by atoms with van der Waals surface area (Å²) in [7, 11) is -0.681. The summed E-state index contributed by atoms with van der Waals surface area (Å²) in [4.78, 5) is 12.4. The Balaban J connectivity index is 0.00000392. The summed E-state index contributed by atoms with van der Waals surface area (Å²) in [5.41, 5.74) is 5.83. The van der Waals surface area contributed by atoms with Gasteiger partial charge in [0.15, 0.2) is 21.3 Å². The van der Waals surface area contributed by atoms with Crippen LogP contribution in [0.2, 0.25) is 0 Å². The summed E-state index contributed by atoms with van der Waals surface area (Å²) in [5, 5.41) is 2.93. The highest BCUT2D eigenvalue weighted by atomic mass is 35.5. The summed E-state index contributed by atoms with van der Waals surface area (Å²) >= 11 is 0. The second-order valence-corrected chi connectivity index (χ2v) is 9.00. The average Bonchev–Trinajstić information content (AvgIpc) is 2.70. The predicted molar refractivity (Wildman–Crippen MR) is 111 cm³/mol. The molecule has 1 saturated carbocycles. The molecule has 1 aromatic carbocycles. The normalized spacial score (nSPS) is 16.0. The first-order chi connectivity index (χ1) is 12.9. The van der Waals surface area contributed by atoms with Crippen molar-refractivity contribution >= 4 is 28.2 Å². The van der Waals surface area contributed by atoms with E-state index < -0.39 is 9.84 Å². The first kappa shape index (κ1) is 24.5. The highest BCUT2D eigenvalue weighted by molar-refractivity contribution is 7.91. The van der Waals surface area contributed by atoms with E-state index in [1.165, 1.54) is 32.8 Å². The topological polar surface area (TPSA) is 108 Å². The Hall–Kier alpha value is -1.51. The molecule has 1 amide bonds. The lowest BCUT2D eigenvalue weighted by Gasteiger charge is -2.30. The maximum absolute atomic E-state index is 12.6. The predicted octanol–water partition coefficient (Wildman–Crippen LogP) is 2.31. The molecular formula is C19H31ClN2O5S. The molecule has 0 spiro atoms. The molecule has 0 bridgehead atoms. The smallest absolute Gasteiger partial charge is 0.221 e. The van der Waals surface area contributed by atoms with Crippen LogP contribution in [0.1, 0.15) is 38.5 Å². The van der Waals surface area contributed by atoms with E-state index in [2.05, 4.69) is 5.32 Å². The number of amides is 1. The lowest BCUT2D eigenvalue weighted by Crippen LogP contribution is -2.46. The van der Waals surface area contributed by atoms with Crippen LogP contribution in [0.5, 0.6) is 11.5 Å². The molecule has 1 atom stereocenters. The molecule has 0 aromatic heterocycles. The van der Waals surface area contributed by atoms with Gasteiger partial charge in [0.1, 0.15) is 0 Å². The van der Waals surface area contributed by atoms with Gasteiger partial charge in [-0.25, -0.2) is 8.42 Å². The van der Waals surface area contributed by atoms with E-state index in [0.29, 0.717) is 24.0 Å². The molecule has 1 fully saturated rings. The van der Waals surface area contributed by atoms with Crippen LogP contribution in [0, 0.1) is 5.92 Å². The molecule has 1 aliphatic carbocycles. The Labute approximate surface area is 173 Å². The Morgan fingerprint density at radius 2 is 1.82 bits per heavy atom. The largest absolute Gasteiger partial charge is 0.493 e. The SMILES string of the molecule is COc1ccc(S(=O)(=O)CCC(=O)NC(CN)C2CCCCC2)cc1OC.Cl. The second-order valence-electron chi connectivity index (χ2n) is 6.89. The third kappa shape index (κ3) is 6.53. The standard InChI is InChI=1S/C19H30N2O5S.ClH/c1-25-17-9-8-15(12-18(17)26-2)27(23,24)11-10-19(22)21-16(13-20)14-6-4-3-5-7-14;/h8-9,12,14,16H,3-7,10-11,13,20H2,1-2H3,(H,21,22);1H. The summed E-state index contributed by atoms with van der Waals surface area (Å²) in [5.74, 6) is 0.627. The average molecular weight is 435 g/mol. The van der Waals surface area contributed by atoms with E-state index in [4.69, 9.17) is 15.2 Å². The van der Waals surface area contributed by atoms with E-state index in [1.807, 2.05) is 0 Å². The van der Waals surface area contributed by atoms with Crippen LogP contribution in [0.15, 0.2) is 23.1 Å². The first-order valence-electron chi connectivity index (χ1n) is 9.35. The van der Waals surface area contributed by atoms with Gasteiger partial charge >= 0.3 is 0 Å². The van der Waals surface area contributed by atoms with E-state index in [1.54, 1.807) is 6.07 Å². The van der Waals surface area contributed by atoms with Gasteiger partial charge in [0, 0.05) is 25.1 Å². The monoisotopic (exact) mass is 434 g/mol. The van der Waals surface area contributed by atoms with Gasteiger partial charge in [0.2, 0.25) is 5.91 Å². The Morgan fingerprint density at radius 3 is 2.39 bits per heavy atom. The molecule has 160 valence electrons. The zero-order chi connectivity index (χ0) is 19.9. The van der Waals surface area contributed by atoms with Gasteiger partial charge in [-0.3, -0.25) is 4.79 Å². The van der Waals surface area contributed by atoms with Gasteiger partial charge in [0.05, 0.1) is 24.9 Å². The van der Waals surface area contributed by atoms with Gasteiger partial charge in [0.25, 0.3) is 0 Å². The molecule has 0 saturated heterocycles. The van der Waals surface area contributed by atoms with Crippen molar-refractivity contribution in [3.05, 3.63) is 18.2 Å². The maximum Gasteiger partial charge on any atom is 0.221 e. The molecule has 0 aliphatic heterocycles. The van der Waals surface area contributed by atoms with Crippen LogP contribution >= 0.6 is 12.4 Å². The molecule has 1 aliphatic rings. The van der Waals surface area contributed by atoms with Gasteiger partial charge in [-0.05, 0) is 30.9 Å². The summed E-state index contributed by atoms with van der Waals surface area (Å²) in [6.45, 7) is 0.374. The fourth-order valence-corrected chi connectivity index (χ4v) is 4.79. The number of sulfone groups is 1. The fourth-order valence-electron chi connectivity index (χ4n) is 3.54. The Morgan fingerprint density at radius 1 is 1.18 bits per heavy atom. The second kappa shape index (κ2) is 11.5. The minimum Gasteiger partial charge on any atom is -0.493 e. The molecule has 7 nitrogen and oxygen atoms in total. The van der Waals surface area contributed by atoms with Crippen molar-refractivity contribution in [3.63, 3.8) is 0 Å². The van der Waals surface area contributed by atoms with Crippen molar-refractivity contribution in [2.45, 2.75) is 49.5 Å². The molecule has 28 heavy (non-hydrogen) atoms. The first-order valence-corrected chi connectivity index (χ1v) is 11.0. The van der Waals surface area contributed by atoms with Crippen LogP contribution in [-0.2, 0) is 14.6 Å². The van der Waals surface area contributed by atoms with Crippen molar-refractivity contribution in [2.24, 2.45) is 11.7 Å². The number of halogens is 1. The Bertz CT molecular complexity index is 736. The number of carbonyl (C=O) groups is 1. The summed E-state index contributed by atoms with van der Waals surface area (Å²) in [6.07, 6.45) is 5.57. The third-order valence-electron chi connectivity index (χ3n) is 5.13. The Kier molecular flexibility index (Phi) is 10.1. The van der Waals surface area contributed by atoms with Crippen molar-refractivity contribution in [3.8, 4) is 11.5 Å². The van der Waals surface area contributed by atoms with Gasteiger partial charge in [-0.1, -0.05) is 19.3 Å². The summed E-state index contributed by atoms with van der Waals surface area (Å²) in [6, 6.07) is 4.33. The highest BCUT2D eigenvalue weighted by Crippen LogP contribution is 2.30. The summed E-state index contributed by atoms with van der Waals surface area (Å²) < 4.78 is 35.4. The minimum absolute atomic E-state index is 0. The van der Waals surface area contributed by atoms with Crippen LogP contribution in [0.3, 0.4) is 0 Å². The number of nitrogens with one attached hydrogen (secondary N) is 1. The van der Waals surface area contributed by atoms with Gasteiger partial charge in [-0.15, -0.1) is 12.4 Å². The minimum atomic E-state index is -3.61. The number of nitrogens with two attached hydrogens (primary N) is 1. The van der Waals surface area contributed by atoms with Crippen molar-refractivity contribution in [1.82, 2.24) is 5.32 Å². The molecule has 9 heteroatoms. The van der Waals surface area contributed by atoms with Gasteiger partial charge in [-0.2, -0.15) is 0 Å². The number of hydrogen-bond donors (Lipinski definition) is 2. The fraction of sp³-hybridized carbons (Fsp3) is 0.632. The molecule has 1 aromatic rings. The van der Waals surface area contributed by atoms with Crippen LogP contribution in [-0.4, -0.2) is 46.9 Å². The molecule has 0 heterocycles. The van der Waals surface area contributed by atoms with E-state index in [0.717, 1.165) is 25.7 Å². The maximum atomic E-state index is 12.6. The number of hydrogen-bond acceptors (Lipinski definition) is 6. The number of methoxy groups -OCH3 is 2. The number of ether oxygens (including phenoxy) is 2. The molecular weight excluding hydrogens is 404 g/mol. The lowest BCUT2D eigenvalue weighted by molar-refractivity contribution is -0.121. The van der Waals surface area contributed by atoms with E-state index in [-0.39, 0.29) is 41.4 Å². The number of rotatable bonds is 9. The van der Waals surface area contributed by atoms with Crippen LogP contribution in [0.25, 0.3) is 0 Å². The van der Waals surface area contributed by atoms with Crippen molar-refractivity contribution in [2.75, 3.05) is 26.5 Å². The third-order valence-corrected chi connectivity index (χ3v) is 6.84. The number of benzene rings is 1. The van der Waals surface area contributed by atoms with Crippen molar-refractivity contribution in [1.29, 1.82) is 0 Å². The van der Waals surface area contributed by atoms with Crippen LogP contribution in [0.4, 0.5) is 0 Å². The zero-order valence-corrected chi connectivity index (χ0v) is 18.1. The quantitative estimate of drug-likeness (QED) is 0.617. The molecule has 0 radical (unpaired) electrons. The van der Waals surface area contributed by atoms with Crippen LogP contribution < -0.4 is 20.5 Å². The van der Waals surface area contributed by atoms with E-state index in [9.17, 15) is 13.2 Å². The number of carbonyl (C=O) groups excluding carboxylic acids is 1. The zero-order valence-electron chi connectivity index (χ0n) is 16.5. The lowest BCUT2D eigenvalue weighted by atomic mass is 9.84. The van der Waals surface area contributed by atoms with E-state index >= 15 is 0 Å². The van der Waals surface area contributed by atoms with Gasteiger partial charge < -0.3 is 20.5 Å². The molecule has 1 unspecified atom stereocenters. The molecule has 2 rings (SSSR count). The molecule has 3 N–H and O–H groups in total. The van der Waals surface area contributed by atoms with Crippen molar-refractivity contribution < 1.29 is 22.7 Å². The highest BCUT2D eigenvalue weighted by Gasteiger charge is 2.25.